The monoisotopic (exact) mass is 660 g/mol. The van der Waals surface area contributed by atoms with Gasteiger partial charge in [-0.1, -0.05) is 153 Å². The predicted molar refractivity (Wildman–Crippen MR) is 178 cm³/mol. The molecule has 0 aromatic heterocycles. The molecule has 196 valence electrons. The standard InChI is InChI=1S/C40H22Br2/c41-39-31-15-7-5-11-23(31)29-19-17-27-21-9-1-3-13-25(21)33(35(27)37(29)39)34-26-14-4-2-10-22(26)28-18-20-30-24-12-6-8-16-32(24)40(39,42)38(30)36(28)34/h1-20,33-34H. The second-order valence-corrected chi connectivity index (χ2v) is 14.8. The number of rotatable bonds is 0. The zero-order valence-corrected chi connectivity index (χ0v) is 25.6. The quantitative estimate of drug-likeness (QED) is 0.142. The highest BCUT2D eigenvalue weighted by Gasteiger charge is 2.65. The largest absolute Gasteiger partial charge is 0.100 e. The van der Waals surface area contributed by atoms with Gasteiger partial charge in [0.25, 0.3) is 0 Å². The number of benzene rings is 6. The fourth-order valence-corrected chi connectivity index (χ4v) is 12.0. The summed E-state index contributed by atoms with van der Waals surface area (Å²) >= 11 is 9.34. The minimum atomic E-state index is -0.506. The van der Waals surface area contributed by atoms with Gasteiger partial charge in [-0.25, -0.2) is 0 Å². The third-order valence-corrected chi connectivity index (χ3v) is 14.3. The first-order chi connectivity index (χ1) is 20.6. The van der Waals surface area contributed by atoms with Crippen LogP contribution in [0.15, 0.2) is 121 Å². The Morgan fingerprint density at radius 3 is 1.17 bits per heavy atom. The highest BCUT2D eigenvalue weighted by atomic mass is 79.9. The number of hydrogen-bond acceptors (Lipinski definition) is 0. The van der Waals surface area contributed by atoms with Gasteiger partial charge in [0.15, 0.2) is 0 Å². The molecule has 0 heterocycles. The predicted octanol–water partition coefficient (Wildman–Crippen LogP) is 10.9. The highest BCUT2D eigenvalue weighted by Crippen LogP contribution is 2.76. The fraction of sp³-hybridized carbons (Fsp3) is 0.100. The summed E-state index contributed by atoms with van der Waals surface area (Å²) in [5, 5.41) is 0. The van der Waals surface area contributed by atoms with Crippen molar-refractivity contribution in [2.45, 2.75) is 20.5 Å². The van der Waals surface area contributed by atoms with E-state index in [9.17, 15) is 0 Å². The molecule has 2 heteroatoms. The van der Waals surface area contributed by atoms with Gasteiger partial charge in [-0.3, -0.25) is 0 Å². The molecule has 4 unspecified atom stereocenters. The molecule has 11 rings (SSSR count). The molecule has 4 atom stereocenters. The molecule has 0 aliphatic heterocycles. The molecule has 42 heavy (non-hydrogen) atoms. The number of fused-ring (bicyclic) bond motifs is 14. The Hall–Kier alpha value is -3.72. The maximum absolute atomic E-state index is 4.67. The lowest BCUT2D eigenvalue weighted by atomic mass is 9.66. The van der Waals surface area contributed by atoms with Crippen LogP contribution in [0.1, 0.15) is 56.3 Å². The second kappa shape index (κ2) is 7.25. The van der Waals surface area contributed by atoms with Crippen LogP contribution in [-0.4, -0.2) is 0 Å². The van der Waals surface area contributed by atoms with Gasteiger partial charge < -0.3 is 0 Å². The van der Waals surface area contributed by atoms with Gasteiger partial charge >= 0.3 is 0 Å². The van der Waals surface area contributed by atoms with Crippen LogP contribution in [0, 0.1) is 0 Å². The Morgan fingerprint density at radius 2 is 0.714 bits per heavy atom. The first-order valence-corrected chi connectivity index (χ1v) is 16.3. The van der Waals surface area contributed by atoms with E-state index in [0.717, 1.165) is 0 Å². The molecule has 0 saturated heterocycles. The SMILES string of the molecule is BrC12c3ccccc3-c3ccc4c(c31)C(c1ccccc1-4)C1c3ccccc3-c3ccc4c(c31)C2(Br)c1ccccc1-4. The minimum Gasteiger partial charge on any atom is -0.0725 e. The minimum absolute atomic E-state index is 0.229. The molecule has 5 aliphatic rings. The van der Waals surface area contributed by atoms with Crippen molar-refractivity contribution in [1.82, 2.24) is 0 Å². The van der Waals surface area contributed by atoms with Gasteiger partial charge in [0.05, 0.1) is 0 Å². The summed E-state index contributed by atoms with van der Waals surface area (Å²) in [6, 6.07) is 46.2. The fourth-order valence-electron chi connectivity index (χ4n) is 9.60. The molecule has 0 radical (unpaired) electrons. The van der Waals surface area contributed by atoms with Gasteiger partial charge in [0.2, 0.25) is 0 Å². The van der Waals surface area contributed by atoms with E-state index < -0.39 is 8.65 Å². The lowest BCUT2D eigenvalue weighted by molar-refractivity contribution is 0.586. The molecule has 0 saturated carbocycles. The number of alkyl halides is 2. The number of halogens is 2. The van der Waals surface area contributed by atoms with E-state index in [-0.39, 0.29) is 11.8 Å². The van der Waals surface area contributed by atoms with E-state index in [1.165, 1.54) is 89.0 Å². The van der Waals surface area contributed by atoms with Gasteiger partial charge in [-0.05, 0) is 89.0 Å². The maximum Gasteiger partial charge on any atom is 0.100 e. The van der Waals surface area contributed by atoms with Crippen molar-refractivity contribution >= 4 is 31.9 Å². The van der Waals surface area contributed by atoms with Gasteiger partial charge in [-0.2, -0.15) is 0 Å². The second-order valence-electron chi connectivity index (χ2n) is 12.4. The maximum atomic E-state index is 4.67. The zero-order valence-electron chi connectivity index (χ0n) is 22.5. The van der Waals surface area contributed by atoms with Crippen LogP contribution in [0.25, 0.3) is 44.5 Å². The van der Waals surface area contributed by atoms with E-state index >= 15 is 0 Å². The number of hydrogen-bond donors (Lipinski definition) is 0. The van der Waals surface area contributed by atoms with Crippen LogP contribution >= 0.6 is 31.9 Å². The van der Waals surface area contributed by atoms with Gasteiger partial charge in [0, 0.05) is 11.8 Å². The van der Waals surface area contributed by atoms with Crippen LogP contribution in [0.2, 0.25) is 0 Å². The van der Waals surface area contributed by atoms with E-state index in [0.29, 0.717) is 0 Å². The average molecular weight is 662 g/mol. The molecule has 0 fully saturated rings. The first-order valence-electron chi connectivity index (χ1n) is 14.7. The Morgan fingerprint density at radius 1 is 0.357 bits per heavy atom. The van der Waals surface area contributed by atoms with Crippen molar-refractivity contribution in [3.63, 3.8) is 0 Å². The van der Waals surface area contributed by atoms with Crippen LogP contribution in [0.5, 0.6) is 0 Å². The molecule has 0 spiro atoms. The molecule has 6 aromatic rings. The summed E-state index contributed by atoms with van der Waals surface area (Å²) in [5.41, 5.74) is 22.4. The van der Waals surface area contributed by atoms with Crippen molar-refractivity contribution in [2.75, 3.05) is 0 Å². The van der Waals surface area contributed by atoms with E-state index in [4.69, 9.17) is 0 Å². The van der Waals surface area contributed by atoms with Crippen LogP contribution in [-0.2, 0) is 8.65 Å². The summed E-state index contributed by atoms with van der Waals surface area (Å²) in [6.45, 7) is 0. The molecule has 0 bridgehead atoms. The molecule has 0 nitrogen and oxygen atoms in total. The third kappa shape index (κ3) is 2.20. The molecular weight excluding hydrogens is 640 g/mol. The van der Waals surface area contributed by atoms with Crippen molar-refractivity contribution in [3.05, 3.63) is 166 Å². The Balaban J connectivity index is 1.43. The van der Waals surface area contributed by atoms with E-state index in [2.05, 4.69) is 153 Å². The molecule has 5 aliphatic carbocycles. The summed E-state index contributed by atoms with van der Waals surface area (Å²) in [7, 11) is 0. The Bertz CT molecular complexity index is 2100. The highest BCUT2D eigenvalue weighted by molar-refractivity contribution is 9.12. The molecule has 6 aromatic carbocycles. The van der Waals surface area contributed by atoms with Crippen LogP contribution in [0.3, 0.4) is 0 Å². The van der Waals surface area contributed by atoms with Crippen molar-refractivity contribution in [3.8, 4) is 44.5 Å². The Kier molecular flexibility index (Phi) is 3.94. The summed E-state index contributed by atoms with van der Waals surface area (Å²) in [6.07, 6.45) is 0. The zero-order chi connectivity index (χ0) is 27.5. The molecular formula is C40H22Br2. The first kappa shape index (κ1) is 22.8. The van der Waals surface area contributed by atoms with Gasteiger partial charge in [0.1, 0.15) is 8.65 Å². The lowest BCUT2D eigenvalue weighted by Crippen LogP contribution is -2.42. The summed E-state index contributed by atoms with van der Waals surface area (Å²) in [5.74, 6) is 0.457. The van der Waals surface area contributed by atoms with Crippen LogP contribution < -0.4 is 0 Å². The summed E-state index contributed by atoms with van der Waals surface area (Å²) < 4.78 is -1.01. The Labute approximate surface area is 261 Å². The van der Waals surface area contributed by atoms with E-state index in [1.807, 2.05) is 0 Å². The van der Waals surface area contributed by atoms with E-state index in [1.54, 1.807) is 0 Å². The van der Waals surface area contributed by atoms with Gasteiger partial charge in [-0.15, -0.1) is 0 Å². The topological polar surface area (TPSA) is 0 Å². The van der Waals surface area contributed by atoms with Crippen molar-refractivity contribution in [1.29, 1.82) is 0 Å². The average Bonchev–Trinajstić information content (AvgIpc) is 3.71. The van der Waals surface area contributed by atoms with Crippen molar-refractivity contribution in [2.24, 2.45) is 0 Å². The molecule has 0 N–H and O–H groups in total. The smallest absolute Gasteiger partial charge is 0.0725 e. The van der Waals surface area contributed by atoms with Crippen LogP contribution in [0.4, 0.5) is 0 Å². The lowest BCUT2D eigenvalue weighted by Gasteiger charge is -2.46. The normalized spacial score (nSPS) is 25.1. The molecule has 0 amide bonds. The summed E-state index contributed by atoms with van der Waals surface area (Å²) in [4.78, 5) is 0. The third-order valence-electron chi connectivity index (χ3n) is 11.0. The van der Waals surface area contributed by atoms with Crippen molar-refractivity contribution < 1.29 is 0 Å².